The highest BCUT2D eigenvalue weighted by atomic mass is 35.5. The first kappa shape index (κ1) is 17.6. The number of nitrogens with zero attached hydrogens (tertiary/aromatic N) is 1. The first-order valence-corrected chi connectivity index (χ1v) is 8.12. The number of nitrogens with two attached hydrogens (primary N) is 1. The second-order valence-corrected chi connectivity index (χ2v) is 5.94. The summed E-state index contributed by atoms with van der Waals surface area (Å²) < 4.78 is 5.47. The lowest BCUT2D eigenvalue weighted by Gasteiger charge is -2.32. The van der Waals surface area contributed by atoms with Gasteiger partial charge in [0.15, 0.2) is 6.61 Å². The fourth-order valence-electron chi connectivity index (χ4n) is 2.55. The minimum absolute atomic E-state index is 0.0382. The summed E-state index contributed by atoms with van der Waals surface area (Å²) in [7, 11) is 0. The predicted octanol–water partition coefficient (Wildman–Crippen LogP) is 1.03. The van der Waals surface area contributed by atoms with Gasteiger partial charge in [0.25, 0.3) is 5.91 Å². The fourth-order valence-corrected chi connectivity index (χ4v) is 2.73. The van der Waals surface area contributed by atoms with Gasteiger partial charge in [0, 0.05) is 31.2 Å². The summed E-state index contributed by atoms with van der Waals surface area (Å²) in [5.74, 6) is 0.218. The smallest absolute Gasteiger partial charge is 0.260 e. The lowest BCUT2D eigenvalue weighted by Crippen LogP contribution is -2.47. The van der Waals surface area contributed by atoms with Crippen LogP contribution in [0.1, 0.15) is 12.8 Å². The van der Waals surface area contributed by atoms with E-state index in [0.29, 0.717) is 37.0 Å². The third-order valence-electron chi connectivity index (χ3n) is 3.75. The quantitative estimate of drug-likeness (QED) is 0.810. The minimum atomic E-state index is -0.176. The second-order valence-electron chi connectivity index (χ2n) is 5.50. The maximum Gasteiger partial charge on any atom is 0.260 e. The summed E-state index contributed by atoms with van der Waals surface area (Å²) in [6.45, 7) is 1.89. The van der Waals surface area contributed by atoms with Crippen molar-refractivity contribution in [1.29, 1.82) is 0 Å². The maximum atomic E-state index is 12.3. The average Bonchev–Trinajstić information content (AvgIpc) is 2.57. The van der Waals surface area contributed by atoms with Crippen LogP contribution in [0.4, 0.5) is 0 Å². The zero-order valence-corrected chi connectivity index (χ0v) is 13.7. The number of hydrogen-bond donors (Lipinski definition) is 2. The van der Waals surface area contributed by atoms with E-state index < -0.39 is 0 Å². The van der Waals surface area contributed by atoms with Crippen LogP contribution in [0.3, 0.4) is 0 Å². The normalized spacial score (nSPS) is 17.7. The molecular weight excluding hydrogens is 318 g/mol. The third kappa shape index (κ3) is 5.41. The van der Waals surface area contributed by atoms with E-state index in [2.05, 4.69) is 5.32 Å². The van der Waals surface area contributed by atoms with Crippen LogP contribution in [0, 0.1) is 5.92 Å². The van der Waals surface area contributed by atoms with Crippen LogP contribution in [-0.2, 0) is 9.59 Å². The summed E-state index contributed by atoms with van der Waals surface area (Å²) in [4.78, 5) is 25.9. The SMILES string of the molecule is NCCNC(=O)C1CCCN(C(=O)COc2cccc(Cl)c2)C1. The highest BCUT2D eigenvalue weighted by molar-refractivity contribution is 6.30. The van der Waals surface area contributed by atoms with Crippen LogP contribution in [0.15, 0.2) is 24.3 Å². The highest BCUT2D eigenvalue weighted by Crippen LogP contribution is 2.19. The molecule has 1 fully saturated rings. The van der Waals surface area contributed by atoms with Gasteiger partial charge in [-0.05, 0) is 31.0 Å². The molecule has 0 radical (unpaired) electrons. The zero-order valence-electron chi connectivity index (χ0n) is 13.0. The van der Waals surface area contributed by atoms with Gasteiger partial charge in [-0.25, -0.2) is 0 Å². The van der Waals surface area contributed by atoms with Crippen molar-refractivity contribution in [3.8, 4) is 5.75 Å². The molecule has 0 aliphatic carbocycles. The van der Waals surface area contributed by atoms with Crippen molar-refractivity contribution >= 4 is 23.4 Å². The Balaban J connectivity index is 1.83. The summed E-state index contributed by atoms with van der Waals surface area (Å²) in [5.41, 5.74) is 5.38. The topological polar surface area (TPSA) is 84.7 Å². The number of benzene rings is 1. The molecule has 0 spiro atoms. The molecule has 1 atom stereocenters. The second kappa shape index (κ2) is 8.74. The molecule has 1 aromatic carbocycles. The zero-order chi connectivity index (χ0) is 16.7. The van der Waals surface area contributed by atoms with E-state index in [9.17, 15) is 9.59 Å². The van der Waals surface area contributed by atoms with E-state index in [-0.39, 0.29) is 24.3 Å². The van der Waals surface area contributed by atoms with Gasteiger partial charge in [-0.3, -0.25) is 9.59 Å². The molecule has 1 aliphatic rings. The van der Waals surface area contributed by atoms with Crippen LogP contribution in [-0.4, -0.2) is 49.5 Å². The molecule has 2 rings (SSSR count). The number of carbonyl (C=O) groups excluding carboxylic acids is 2. The molecule has 1 aromatic rings. The molecule has 6 nitrogen and oxygen atoms in total. The van der Waals surface area contributed by atoms with Crippen molar-refractivity contribution in [2.75, 3.05) is 32.8 Å². The largest absolute Gasteiger partial charge is 0.484 e. The summed E-state index contributed by atoms with van der Waals surface area (Å²) in [5, 5.41) is 3.34. The molecule has 1 heterocycles. The first-order chi connectivity index (χ1) is 11.1. The molecule has 1 unspecified atom stereocenters. The lowest BCUT2D eigenvalue weighted by atomic mass is 9.97. The molecule has 1 aliphatic heterocycles. The van der Waals surface area contributed by atoms with Crippen LogP contribution >= 0.6 is 11.6 Å². The summed E-state index contributed by atoms with van der Waals surface area (Å²) in [6.07, 6.45) is 1.60. The first-order valence-electron chi connectivity index (χ1n) is 7.74. The fraction of sp³-hybridized carbons (Fsp3) is 0.500. The van der Waals surface area contributed by atoms with Gasteiger partial charge in [0.2, 0.25) is 5.91 Å². The predicted molar refractivity (Wildman–Crippen MR) is 88.3 cm³/mol. The van der Waals surface area contributed by atoms with Gasteiger partial charge in [0.05, 0.1) is 5.92 Å². The molecule has 3 N–H and O–H groups in total. The Hall–Kier alpha value is -1.79. The molecule has 1 saturated heterocycles. The summed E-state index contributed by atoms with van der Waals surface area (Å²) >= 11 is 5.88. The molecule has 126 valence electrons. The van der Waals surface area contributed by atoms with Crippen molar-refractivity contribution in [2.45, 2.75) is 12.8 Å². The number of nitrogens with one attached hydrogen (secondary N) is 1. The van der Waals surface area contributed by atoms with Crippen LogP contribution in [0.2, 0.25) is 5.02 Å². The number of likely N-dealkylation sites (tertiary alicyclic amines) is 1. The van der Waals surface area contributed by atoms with Crippen LogP contribution in [0.25, 0.3) is 0 Å². The van der Waals surface area contributed by atoms with E-state index in [1.54, 1.807) is 29.2 Å². The van der Waals surface area contributed by atoms with Crippen molar-refractivity contribution in [1.82, 2.24) is 10.2 Å². The molecule has 0 aromatic heterocycles. The Morgan fingerprint density at radius 1 is 1.43 bits per heavy atom. The number of ether oxygens (including phenoxy) is 1. The van der Waals surface area contributed by atoms with Gasteiger partial charge in [-0.15, -0.1) is 0 Å². The number of rotatable bonds is 6. The number of carbonyl (C=O) groups is 2. The minimum Gasteiger partial charge on any atom is -0.484 e. The van der Waals surface area contributed by atoms with E-state index in [1.807, 2.05) is 0 Å². The Bertz CT molecular complexity index is 553. The monoisotopic (exact) mass is 339 g/mol. The van der Waals surface area contributed by atoms with E-state index in [1.165, 1.54) is 0 Å². The molecule has 23 heavy (non-hydrogen) atoms. The Kier molecular flexibility index (Phi) is 6.67. The van der Waals surface area contributed by atoms with Gasteiger partial charge < -0.3 is 20.7 Å². The highest BCUT2D eigenvalue weighted by Gasteiger charge is 2.28. The molecule has 2 amide bonds. The van der Waals surface area contributed by atoms with Gasteiger partial charge in [-0.1, -0.05) is 17.7 Å². The van der Waals surface area contributed by atoms with Crippen LogP contribution in [0.5, 0.6) is 5.75 Å². The van der Waals surface area contributed by atoms with Crippen molar-refractivity contribution in [3.63, 3.8) is 0 Å². The Morgan fingerprint density at radius 2 is 2.26 bits per heavy atom. The average molecular weight is 340 g/mol. The van der Waals surface area contributed by atoms with E-state index in [0.717, 1.165) is 12.8 Å². The number of piperidine rings is 1. The number of amides is 2. The molecule has 0 bridgehead atoms. The summed E-state index contributed by atoms with van der Waals surface area (Å²) in [6, 6.07) is 6.92. The third-order valence-corrected chi connectivity index (χ3v) is 3.98. The van der Waals surface area contributed by atoms with E-state index in [4.69, 9.17) is 22.1 Å². The molecule has 7 heteroatoms. The van der Waals surface area contributed by atoms with Gasteiger partial charge >= 0.3 is 0 Å². The van der Waals surface area contributed by atoms with E-state index >= 15 is 0 Å². The van der Waals surface area contributed by atoms with Crippen LogP contribution < -0.4 is 15.8 Å². The Morgan fingerprint density at radius 3 is 3.00 bits per heavy atom. The van der Waals surface area contributed by atoms with Crippen molar-refractivity contribution in [3.05, 3.63) is 29.3 Å². The lowest BCUT2D eigenvalue weighted by molar-refractivity contribution is -0.137. The van der Waals surface area contributed by atoms with Gasteiger partial charge in [-0.2, -0.15) is 0 Å². The Labute approximate surface area is 140 Å². The number of halogens is 1. The standard InChI is InChI=1S/C16H22ClN3O3/c17-13-4-1-5-14(9-13)23-11-15(21)20-8-2-3-12(10-20)16(22)19-7-6-18/h1,4-5,9,12H,2-3,6-8,10-11,18H2,(H,19,22). The maximum absolute atomic E-state index is 12.3. The van der Waals surface area contributed by atoms with Gasteiger partial charge in [0.1, 0.15) is 5.75 Å². The number of hydrogen-bond acceptors (Lipinski definition) is 4. The molecular formula is C16H22ClN3O3. The molecule has 0 saturated carbocycles. The van der Waals surface area contributed by atoms with Crippen molar-refractivity contribution in [2.24, 2.45) is 11.7 Å². The van der Waals surface area contributed by atoms with Crippen molar-refractivity contribution < 1.29 is 14.3 Å².